The maximum atomic E-state index is 5.81. The molecule has 0 fully saturated rings. The van der Waals surface area contributed by atoms with Crippen molar-refractivity contribution in [2.75, 3.05) is 0 Å². The topological polar surface area (TPSA) is 51.8 Å². The molecule has 0 amide bonds. The maximum Gasteiger partial charge on any atom is 0.156 e. The van der Waals surface area contributed by atoms with E-state index in [2.05, 4.69) is 9.97 Å². The van der Waals surface area contributed by atoms with E-state index in [1.165, 1.54) is 0 Å². The third-order valence-electron chi connectivity index (χ3n) is 1.89. The number of nitrogens with zero attached hydrogens (tertiary/aromatic N) is 2. The number of hydrogen-bond acceptors (Lipinski definition) is 5. The second-order valence-corrected chi connectivity index (χ2v) is 5.28. The van der Waals surface area contributed by atoms with Gasteiger partial charge in [0.15, 0.2) is 4.34 Å². The lowest BCUT2D eigenvalue weighted by atomic mass is 10.1. The third kappa shape index (κ3) is 2.77. The number of thiazole rings is 1. The van der Waals surface area contributed by atoms with E-state index in [4.69, 9.17) is 5.73 Å². The molecule has 0 aromatic carbocycles. The molecule has 0 radical (unpaired) electrons. The number of rotatable bonds is 3. The highest BCUT2D eigenvalue weighted by Crippen LogP contribution is 2.28. The summed E-state index contributed by atoms with van der Waals surface area (Å²) in [6.07, 6.45) is 3.58. The van der Waals surface area contributed by atoms with Gasteiger partial charge in [-0.3, -0.25) is 0 Å². The molecule has 1 atom stereocenters. The molecule has 0 saturated heterocycles. The molecule has 2 N–H and O–H groups in total. The summed E-state index contributed by atoms with van der Waals surface area (Å²) in [5.74, 6) is 0. The zero-order chi connectivity index (χ0) is 10.7. The molecule has 2 aromatic heterocycles. The average molecular weight is 237 g/mol. The van der Waals surface area contributed by atoms with E-state index in [1.54, 1.807) is 35.5 Å². The van der Waals surface area contributed by atoms with Crippen molar-refractivity contribution in [1.29, 1.82) is 0 Å². The summed E-state index contributed by atoms with van der Waals surface area (Å²) in [7, 11) is 0. The molecule has 0 saturated carbocycles. The highest BCUT2D eigenvalue weighted by atomic mass is 32.2. The number of nitrogens with two attached hydrogens (primary N) is 1. The molecular formula is C10H11N3S2. The first-order chi connectivity index (χ1) is 7.25. The Hall–Kier alpha value is -0.910. The molecular weight excluding hydrogens is 226 g/mol. The van der Waals surface area contributed by atoms with Crippen LogP contribution in [0.5, 0.6) is 0 Å². The van der Waals surface area contributed by atoms with Crippen LogP contribution in [0.1, 0.15) is 18.5 Å². The Balaban J connectivity index is 2.18. The molecule has 0 spiro atoms. The summed E-state index contributed by atoms with van der Waals surface area (Å²) in [6.45, 7) is 1.97. The van der Waals surface area contributed by atoms with E-state index in [0.717, 1.165) is 14.9 Å². The summed E-state index contributed by atoms with van der Waals surface area (Å²) < 4.78 is 1.00. The fourth-order valence-electron chi connectivity index (χ4n) is 1.11. The van der Waals surface area contributed by atoms with Gasteiger partial charge in [-0.15, -0.1) is 11.3 Å². The third-order valence-corrected chi connectivity index (χ3v) is 3.70. The van der Waals surface area contributed by atoms with Crippen molar-refractivity contribution >= 4 is 23.1 Å². The van der Waals surface area contributed by atoms with Gasteiger partial charge < -0.3 is 5.73 Å². The molecule has 0 bridgehead atoms. The fraction of sp³-hybridized carbons (Fsp3) is 0.200. The van der Waals surface area contributed by atoms with Gasteiger partial charge in [-0.25, -0.2) is 9.97 Å². The standard InChI is InChI=1S/C10H11N3S2/c1-7(11)8-2-3-12-9(6-8)15-10-13-4-5-14-10/h2-7H,11H2,1H3/t7-/m1/s1. The Kier molecular flexibility index (Phi) is 3.35. The van der Waals surface area contributed by atoms with Gasteiger partial charge in [0.1, 0.15) is 5.03 Å². The predicted octanol–water partition coefficient (Wildman–Crippen LogP) is 2.71. The Morgan fingerprint density at radius 1 is 1.40 bits per heavy atom. The van der Waals surface area contributed by atoms with Crippen LogP contribution >= 0.6 is 23.1 Å². The predicted molar refractivity (Wildman–Crippen MR) is 63.1 cm³/mol. The van der Waals surface area contributed by atoms with Gasteiger partial charge in [0.05, 0.1) is 0 Å². The van der Waals surface area contributed by atoms with E-state index >= 15 is 0 Å². The first kappa shape index (κ1) is 10.6. The lowest BCUT2D eigenvalue weighted by molar-refractivity contribution is 0.808. The number of aromatic nitrogens is 2. The van der Waals surface area contributed by atoms with Gasteiger partial charge in [-0.2, -0.15) is 0 Å². The van der Waals surface area contributed by atoms with Crippen molar-refractivity contribution in [3.8, 4) is 0 Å². The lowest BCUT2D eigenvalue weighted by Gasteiger charge is -2.05. The van der Waals surface area contributed by atoms with Crippen LogP contribution in [0.4, 0.5) is 0 Å². The zero-order valence-corrected chi connectivity index (χ0v) is 9.89. The first-order valence-corrected chi connectivity index (χ1v) is 6.24. The summed E-state index contributed by atoms with van der Waals surface area (Å²) in [6, 6.07) is 4.00. The van der Waals surface area contributed by atoms with Crippen LogP contribution in [0.15, 0.2) is 39.3 Å². The quantitative estimate of drug-likeness (QED) is 0.891. The van der Waals surface area contributed by atoms with Gasteiger partial charge in [0.2, 0.25) is 0 Å². The van der Waals surface area contributed by atoms with Crippen LogP contribution < -0.4 is 5.73 Å². The molecule has 0 unspecified atom stereocenters. The molecule has 2 heterocycles. The van der Waals surface area contributed by atoms with Gasteiger partial charge in [0, 0.05) is 23.8 Å². The zero-order valence-electron chi connectivity index (χ0n) is 8.25. The molecule has 2 aromatic rings. The van der Waals surface area contributed by atoms with Crippen LogP contribution in [0.25, 0.3) is 0 Å². The molecule has 15 heavy (non-hydrogen) atoms. The summed E-state index contributed by atoms with van der Waals surface area (Å²) in [5.41, 5.74) is 6.91. The molecule has 0 aliphatic carbocycles. The van der Waals surface area contributed by atoms with Crippen molar-refractivity contribution in [3.63, 3.8) is 0 Å². The minimum atomic E-state index is 0.0450. The van der Waals surface area contributed by atoms with Crippen molar-refractivity contribution in [3.05, 3.63) is 35.5 Å². The Labute approximate surface area is 96.8 Å². The smallest absolute Gasteiger partial charge is 0.156 e. The van der Waals surface area contributed by atoms with Crippen molar-refractivity contribution in [2.45, 2.75) is 22.3 Å². The van der Waals surface area contributed by atoms with E-state index in [9.17, 15) is 0 Å². The van der Waals surface area contributed by atoms with Crippen LogP contribution in [-0.2, 0) is 0 Å². The minimum absolute atomic E-state index is 0.0450. The SMILES string of the molecule is C[C@@H](N)c1ccnc(Sc2nccs2)c1. The van der Waals surface area contributed by atoms with Crippen molar-refractivity contribution < 1.29 is 0 Å². The van der Waals surface area contributed by atoms with E-state index in [1.807, 2.05) is 24.4 Å². The molecule has 0 aliphatic heterocycles. The monoisotopic (exact) mass is 237 g/mol. The van der Waals surface area contributed by atoms with E-state index in [0.29, 0.717) is 0 Å². The van der Waals surface area contributed by atoms with Gasteiger partial charge >= 0.3 is 0 Å². The summed E-state index contributed by atoms with van der Waals surface area (Å²) >= 11 is 3.18. The maximum absolute atomic E-state index is 5.81. The van der Waals surface area contributed by atoms with Gasteiger partial charge in [0.25, 0.3) is 0 Å². The second-order valence-electron chi connectivity index (χ2n) is 3.12. The number of pyridine rings is 1. The number of hydrogen-bond donors (Lipinski definition) is 1. The van der Waals surface area contributed by atoms with Crippen LogP contribution in [-0.4, -0.2) is 9.97 Å². The Morgan fingerprint density at radius 2 is 2.27 bits per heavy atom. The normalized spacial score (nSPS) is 12.7. The first-order valence-electron chi connectivity index (χ1n) is 4.54. The van der Waals surface area contributed by atoms with Crippen molar-refractivity contribution in [2.24, 2.45) is 5.73 Å². The van der Waals surface area contributed by atoms with E-state index < -0.39 is 0 Å². The highest BCUT2D eigenvalue weighted by Gasteiger charge is 2.04. The Bertz CT molecular complexity index is 426. The van der Waals surface area contributed by atoms with Crippen LogP contribution in [0, 0.1) is 0 Å². The Morgan fingerprint density at radius 3 is 2.93 bits per heavy atom. The van der Waals surface area contributed by atoms with Crippen LogP contribution in [0.2, 0.25) is 0 Å². The van der Waals surface area contributed by atoms with E-state index in [-0.39, 0.29) is 6.04 Å². The van der Waals surface area contributed by atoms with Crippen molar-refractivity contribution in [1.82, 2.24) is 9.97 Å². The lowest BCUT2D eigenvalue weighted by Crippen LogP contribution is -2.04. The molecule has 78 valence electrons. The molecule has 0 aliphatic rings. The van der Waals surface area contributed by atoms with Gasteiger partial charge in [-0.05, 0) is 36.4 Å². The minimum Gasteiger partial charge on any atom is -0.324 e. The highest BCUT2D eigenvalue weighted by molar-refractivity contribution is 8.00. The second kappa shape index (κ2) is 4.74. The fourth-order valence-corrected chi connectivity index (χ4v) is 2.69. The summed E-state index contributed by atoms with van der Waals surface area (Å²) in [5, 5.41) is 2.90. The summed E-state index contributed by atoms with van der Waals surface area (Å²) in [4.78, 5) is 8.47. The molecule has 2 rings (SSSR count). The average Bonchev–Trinajstić information content (AvgIpc) is 2.71. The van der Waals surface area contributed by atoms with Crippen LogP contribution in [0.3, 0.4) is 0 Å². The molecule has 3 nitrogen and oxygen atoms in total. The largest absolute Gasteiger partial charge is 0.324 e. The van der Waals surface area contributed by atoms with Gasteiger partial charge in [-0.1, -0.05) is 0 Å². The molecule has 5 heteroatoms.